The monoisotopic (exact) mass is 321 g/mol. The number of hydrogen-bond donors (Lipinski definition) is 1. The number of fused-ring (bicyclic) bond motifs is 1. The third kappa shape index (κ3) is 2.62. The van der Waals surface area contributed by atoms with Gasteiger partial charge >= 0.3 is 0 Å². The molecule has 3 aromatic heterocycles. The lowest BCUT2D eigenvalue weighted by Gasteiger charge is -2.18. The number of nitrogens with two attached hydrogens (primary N) is 1. The first-order valence-corrected chi connectivity index (χ1v) is 8.04. The molecule has 1 fully saturated rings. The fraction of sp³-hybridized carbons (Fsp3) is 0.353. The second-order valence-electron chi connectivity index (χ2n) is 6.21. The van der Waals surface area contributed by atoms with Crippen LogP contribution in [0.1, 0.15) is 29.6 Å². The van der Waals surface area contributed by atoms with E-state index in [4.69, 9.17) is 5.73 Å². The van der Waals surface area contributed by atoms with Crippen LogP contribution in [-0.4, -0.2) is 38.0 Å². The Bertz CT molecular complexity index is 888. The average Bonchev–Trinajstić information content (AvgIpc) is 3.04. The summed E-state index contributed by atoms with van der Waals surface area (Å²) in [6.45, 7) is 5.79. The molecule has 0 radical (unpaired) electrons. The maximum Gasteiger partial charge on any atom is 0.153 e. The van der Waals surface area contributed by atoms with Gasteiger partial charge in [-0.15, -0.1) is 0 Å². The Morgan fingerprint density at radius 1 is 1.12 bits per heavy atom. The Hall–Kier alpha value is -2.83. The highest BCUT2D eigenvalue weighted by Crippen LogP contribution is 2.30. The van der Waals surface area contributed by atoms with Gasteiger partial charge in [-0.1, -0.05) is 0 Å². The van der Waals surface area contributed by atoms with E-state index in [0.717, 1.165) is 48.1 Å². The highest BCUT2D eigenvalue weighted by atomic mass is 15.2. The Kier molecular flexibility index (Phi) is 3.48. The summed E-state index contributed by atoms with van der Waals surface area (Å²) in [5, 5.41) is 0. The SMILES string of the molecule is Cc1cc(C2CCN(c3ccc4ncnc(N)c4n3)C2)nc(C)n1. The van der Waals surface area contributed by atoms with Crippen molar-refractivity contribution >= 4 is 22.7 Å². The highest BCUT2D eigenvalue weighted by Gasteiger charge is 2.26. The topological polar surface area (TPSA) is 93.7 Å². The molecule has 4 rings (SSSR count). The number of pyridine rings is 1. The van der Waals surface area contributed by atoms with Crippen LogP contribution in [0.4, 0.5) is 11.6 Å². The van der Waals surface area contributed by atoms with Gasteiger partial charge < -0.3 is 10.6 Å². The van der Waals surface area contributed by atoms with Gasteiger partial charge in [0, 0.05) is 30.4 Å². The maximum absolute atomic E-state index is 5.93. The minimum Gasteiger partial charge on any atom is -0.382 e. The van der Waals surface area contributed by atoms with E-state index in [1.165, 1.54) is 6.33 Å². The third-order valence-corrected chi connectivity index (χ3v) is 4.41. The van der Waals surface area contributed by atoms with E-state index in [9.17, 15) is 0 Å². The van der Waals surface area contributed by atoms with Crippen molar-refractivity contribution in [1.82, 2.24) is 24.9 Å². The van der Waals surface area contributed by atoms with Crippen LogP contribution in [0.15, 0.2) is 24.5 Å². The van der Waals surface area contributed by atoms with Crippen molar-refractivity contribution in [3.05, 3.63) is 41.7 Å². The Morgan fingerprint density at radius 2 is 2.00 bits per heavy atom. The molecule has 0 bridgehead atoms. The second-order valence-corrected chi connectivity index (χ2v) is 6.21. The largest absolute Gasteiger partial charge is 0.382 e. The molecule has 0 amide bonds. The molecular weight excluding hydrogens is 302 g/mol. The summed E-state index contributed by atoms with van der Waals surface area (Å²) in [7, 11) is 0. The number of nitrogens with zero attached hydrogens (tertiary/aromatic N) is 6. The van der Waals surface area contributed by atoms with Crippen molar-refractivity contribution in [2.45, 2.75) is 26.2 Å². The van der Waals surface area contributed by atoms with Gasteiger partial charge in [-0.2, -0.15) is 0 Å². The molecule has 3 aromatic rings. The van der Waals surface area contributed by atoms with Gasteiger partial charge in [0.05, 0.1) is 5.52 Å². The quantitative estimate of drug-likeness (QED) is 0.771. The van der Waals surface area contributed by atoms with Gasteiger partial charge in [0.2, 0.25) is 0 Å². The predicted molar refractivity (Wildman–Crippen MR) is 92.8 cm³/mol. The Balaban J connectivity index is 1.61. The molecule has 122 valence electrons. The van der Waals surface area contributed by atoms with Gasteiger partial charge in [-0.25, -0.2) is 24.9 Å². The molecule has 1 atom stereocenters. The van der Waals surface area contributed by atoms with Crippen LogP contribution in [0.2, 0.25) is 0 Å². The van der Waals surface area contributed by atoms with E-state index < -0.39 is 0 Å². The van der Waals surface area contributed by atoms with Crippen molar-refractivity contribution < 1.29 is 0 Å². The van der Waals surface area contributed by atoms with E-state index in [-0.39, 0.29) is 0 Å². The summed E-state index contributed by atoms with van der Waals surface area (Å²) in [4.78, 5) is 24.1. The normalized spacial score (nSPS) is 17.6. The summed E-state index contributed by atoms with van der Waals surface area (Å²) in [6.07, 6.45) is 2.51. The van der Waals surface area contributed by atoms with Crippen molar-refractivity contribution in [3.8, 4) is 0 Å². The Morgan fingerprint density at radius 3 is 2.83 bits per heavy atom. The first-order valence-electron chi connectivity index (χ1n) is 8.04. The zero-order valence-electron chi connectivity index (χ0n) is 13.8. The van der Waals surface area contributed by atoms with Crippen molar-refractivity contribution in [3.63, 3.8) is 0 Å². The zero-order chi connectivity index (χ0) is 16.7. The van der Waals surface area contributed by atoms with Crippen LogP contribution in [0.25, 0.3) is 11.0 Å². The molecule has 1 aliphatic heterocycles. The number of aromatic nitrogens is 5. The smallest absolute Gasteiger partial charge is 0.153 e. The Labute approximate surface area is 140 Å². The standard InChI is InChI=1S/C17H19N7/c1-10-7-14(22-11(2)21-10)12-5-6-24(8-12)15-4-3-13-16(23-15)17(18)20-9-19-13/h3-4,7,9,12H,5-6,8H2,1-2H3,(H2,18,19,20). The van der Waals surface area contributed by atoms with Crippen LogP contribution in [0.3, 0.4) is 0 Å². The van der Waals surface area contributed by atoms with Gasteiger partial charge in [0.15, 0.2) is 5.82 Å². The lowest BCUT2D eigenvalue weighted by atomic mass is 10.0. The number of aryl methyl sites for hydroxylation is 2. The molecule has 0 spiro atoms. The number of hydrogen-bond acceptors (Lipinski definition) is 7. The predicted octanol–water partition coefficient (Wildman–Crippen LogP) is 2.01. The molecule has 2 N–H and O–H groups in total. The molecule has 7 nitrogen and oxygen atoms in total. The lowest BCUT2D eigenvalue weighted by molar-refractivity contribution is 0.729. The minimum absolute atomic E-state index is 0.396. The summed E-state index contributed by atoms with van der Waals surface area (Å²) >= 11 is 0. The third-order valence-electron chi connectivity index (χ3n) is 4.41. The van der Waals surface area contributed by atoms with Crippen LogP contribution in [0.5, 0.6) is 0 Å². The fourth-order valence-corrected chi connectivity index (χ4v) is 3.29. The molecule has 0 aromatic carbocycles. The molecular formula is C17H19N7. The molecule has 0 saturated carbocycles. The molecule has 24 heavy (non-hydrogen) atoms. The first kappa shape index (κ1) is 14.7. The molecule has 1 aliphatic rings. The molecule has 0 aliphatic carbocycles. The van der Waals surface area contributed by atoms with E-state index in [1.807, 2.05) is 26.0 Å². The van der Waals surface area contributed by atoms with Crippen molar-refractivity contribution in [1.29, 1.82) is 0 Å². The summed E-state index contributed by atoms with van der Waals surface area (Å²) < 4.78 is 0. The number of rotatable bonds is 2. The summed E-state index contributed by atoms with van der Waals surface area (Å²) in [5.74, 6) is 2.55. The summed E-state index contributed by atoms with van der Waals surface area (Å²) in [5.41, 5.74) is 9.49. The van der Waals surface area contributed by atoms with E-state index in [0.29, 0.717) is 17.3 Å². The van der Waals surface area contributed by atoms with Crippen LogP contribution < -0.4 is 10.6 Å². The highest BCUT2D eigenvalue weighted by molar-refractivity contribution is 5.84. The van der Waals surface area contributed by atoms with Gasteiger partial charge in [0.25, 0.3) is 0 Å². The van der Waals surface area contributed by atoms with Crippen LogP contribution in [-0.2, 0) is 0 Å². The maximum atomic E-state index is 5.93. The molecule has 7 heteroatoms. The fourth-order valence-electron chi connectivity index (χ4n) is 3.29. The van der Waals surface area contributed by atoms with E-state index in [1.54, 1.807) is 0 Å². The van der Waals surface area contributed by atoms with Gasteiger partial charge in [0.1, 0.15) is 23.5 Å². The minimum atomic E-state index is 0.396. The molecule has 1 saturated heterocycles. The van der Waals surface area contributed by atoms with Crippen molar-refractivity contribution in [2.75, 3.05) is 23.7 Å². The van der Waals surface area contributed by atoms with E-state index in [2.05, 4.69) is 35.9 Å². The van der Waals surface area contributed by atoms with Gasteiger partial charge in [-0.3, -0.25) is 0 Å². The zero-order valence-corrected chi connectivity index (χ0v) is 13.8. The van der Waals surface area contributed by atoms with Gasteiger partial charge in [-0.05, 0) is 38.5 Å². The number of anilines is 2. The van der Waals surface area contributed by atoms with E-state index >= 15 is 0 Å². The second kappa shape index (κ2) is 5.67. The molecule has 4 heterocycles. The first-order chi connectivity index (χ1) is 11.6. The van der Waals surface area contributed by atoms with Crippen LogP contribution in [0, 0.1) is 13.8 Å². The van der Waals surface area contributed by atoms with Crippen LogP contribution >= 0.6 is 0 Å². The summed E-state index contributed by atoms with van der Waals surface area (Å²) in [6, 6.07) is 6.02. The average molecular weight is 321 g/mol. The lowest BCUT2D eigenvalue weighted by Crippen LogP contribution is -2.20. The molecule has 1 unspecified atom stereocenters. The number of nitrogen functional groups attached to an aromatic ring is 1. The van der Waals surface area contributed by atoms with Crippen molar-refractivity contribution in [2.24, 2.45) is 0 Å².